The Hall–Kier alpha value is -2.50. The number of hydrogen-bond acceptors (Lipinski definition) is 4. The molecule has 26 heavy (non-hydrogen) atoms. The van der Waals surface area contributed by atoms with Crippen LogP contribution in [0.3, 0.4) is 0 Å². The summed E-state index contributed by atoms with van der Waals surface area (Å²) in [5.74, 6) is -0.834. The van der Waals surface area contributed by atoms with Crippen molar-refractivity contribution < 1.29 is 19.4 Å². The Bertz CT molecular complexity index is 722. The number of methoxy groups -OCH3 is 1. The number of carboxylic acid groups (broad SMARTS) is 1. The topological polar surface area (TPSA) is 70.1 Å². The molecule has 138 valence electrons. The summed E-state index contributed by atoms with van der Waals surface area (Å²) in [6.45, 7) is 2.78. The lowest BCUT2D eigenvalue weighted by Crippen LogP contribution is -2.52. The standard InChI is InChI=1S/C20H24N2O4/c1-26-16-6-4-15(5-7-16)21-8-10-22(11-9-21)19(23)17-13-2-3-14(12-13)18(17)20(24)25/h2-7,13-14,17-18H,8-12H2,1H3,(H,24,25)/t13-,14-,17-,18-/m0/s1. The molecule has 1 aromatic carbocycles. The van der Waals surface area contributed by atoms with Crippen LogP contribution < -0.4 is 9.64 Å². The highest BCUT2D eigenvalue weighted by Crippen LogP contribution is 2.48. The summed E-state index contributed by atoms with van der Waals surface area (Å²) < 4.78 is 5.19. The molecule has 1 saturated heterocycles. The summed E-state index contributed by atoms with van der Waals surface area (Å²) in [5.41, 5.74) is 1.11. The summed E-state index contributed by atoms with van der Waals surface area (Å²) in [7, 11) is 1.65. The van der Waals surface area contributed by atoms with Gasteiger partial charge in [-0.05, 0) is 42.5 Å². The van der Waals surface area contributed by atoms with E-state index in [-0.39, 0.29) is 17.7 Å². The number of carbonyl (C=O) groups is 2. The zero-order valence-corrected chi connectivity index (χ0v) is 14.9. The fraction of sp³-hybridized carbons (Fsp3) is 0.500. The van der Waals surface area contributed by atoms with Crippen molar-refractivity contribution in [1.29, 1.82) is 0 Å². The van der Waals surface area contributed by atoms with Gasteiger partial charge >= 0.3 is 5.97 Å². The number of anilines is 1. The van der Waals surface area contributed by atoms with E-state index >= 15 is 0 Å². The molecule has 2 bridgehead atoms. The molecule has 2 fully saturated rings. The maximum absolute atomic E-state index is 13.0. The van der Waals surface area contributed by atoms with Crippen LogP contribution >= 0.6 is 0 Å². The van der Waals surface area contributed by atoms with Gasteiger partial charge < -0.3 is 19.6 Å². The number of carbonyl (C=O) groups excluding carboxylic acids is 1. The summed E-state index contributed by atoms with van der Waals surface area (Å²) >= 11 is 0. The van der Waals surface area contributed by atoms with Crippen molar-refractivity contribution in [3.63, 3.8) is 0 Å². The van der Waals surface area contributed by atoms with Gasteiger partial charge in [-0.15, -0.1) is 0 Å². The monoisotopic (exact) mass is 356 g/mol. The van der Waals surface area contributed by atoms with Crippen molar-refractivity contribution >= 4 is 17.6 Å². The fourth-order valence-electron chi connectivity index (χ4n) is 4.68. The summed E-state index contributed by atoms with van der Waals surface area (Å²) in [6, 6.07) is 7.92. The zero-order chi connectivity index (χ0) is 18.3. The van der Waals surface area contributed by atoms with E-state index in [1.54, 1.807) is 7.11 Å². The minimum atomic E-state index is -0.836. The fourth-order valence-corrected chi connectivity index (χ4v) is 4.68. The first kappa shape index (κ1) is 16.9. The van der Waals surface area contributed by atoms with Gasteiger partial charge in [0.15, 0.2) is 0 Å². The highest BCUT2D eigenvalue weighted by atomic mass is 16.5. The first-order valence-corrected chi connectivity index (χ1v) is 9.17. The molecule has 4 rings (SSSR count). The van der Waals surface area contributed by atoms with Crippen molar-refractivity contribution in [1.82, 2.24) is 4.90 Å². The van der Waals surface area contributed by atoms with E-state index in [9.17, 15) is 14.7 Å². The second-order valence-corrected chi connectivity index (χ2v) is 7.35. The maximum atomic E-state index is 13.0. The maximum Gasteiger partial charge on any atom is 0.307 e. The molecule has 6 nitrogen and oxygen atoms in total. The van der Waals surface area contributed by atoms with E-state index in [0.29, 0.717) is 13.1 Å². The average Bonchev–Trinajstić information content (AvgIpc) is 3.29. The first-order valence-electron chi connectivity index (χ1n) is 9.17. The SMILES string of the molecule is COc1ccc(N2CCN(C(=O)[C@@H]3[C@@H](C(=O)O)[C@H]4C=C[C@H]3C4)CC2)cc1. The second kappa shape index (κ2) is 6.67. The molecule has 1 saturated carbocycles. The third-order valence-electron chi connectivity index (χ3n) is 6.06. The molecule has 0 spiro atoms. The predicted molar refractivity (Wildman–Crippen MR) is 97.1 cm³/mol. The van der Waals surface area contributed by atoms with Gasteiger partial charge in [-0.2, -0.15) is 0 Å². The number of fused-ring (bicyclic) bond motifs is 2. The molecule has 1 heterocycles. The van der Waals surface area contributed by atoms with Crippen LogP contribution in [0.5, 0.6) is 5.75 Å². The highest BCUT2D eigenvalue weighted by Gasteiger charge is 2.52. The normalized spacial score (nSPS) is 29.9. The summed E-state index contributed by atoms with van der Waals surface area (Å²) in [5, 5.41) is 9.56. The Balaban J connectivity index is 1.40. The second-order valence-electron chi connectivity index (χ2n) is 7.35. The van der Waals surface area contributed by atoms with Gasteiger partial charge in [-0.1, -0.05) is 12.2 Å². The lowest BCUT2D eigenvalue weighted by atomic mass is 9.82. The Morgan fingerprint density at radius 3 is 2.19 bits per heavy atom. The van der Waals surface area contributed by atoms with Crippen molar-refractivity contribution in [3.8, 4) is 5.75 Å². The van der Waals surface area contributed by atoms with E-state index in [0.717, 1.165) is 30.9 Å². The molecule has 2 aliphatic carbocycles. The van der Waals surface area contributed by atoms with Crippen LogP contribution in [-0.4, -0.2) is 55.2 Å². The molecule has 6 heteroatoms. The van der Waals surface area contributed by atoms with Crippen LogP contribution in [-0.2, 0) is 9.59 Å². The number of nitrogens with zero attached hydrogens (tertiary/aromatic N) is 2. The summed E-state index contributed by atoms with van der Waals surface area (Å²) in [6.07, 6.45) is 4.83. The van der Waals surface area contributed by atoms with E-state index in [1.807, 2.05) is 41.3 Å². The number of hydrogen-bond donors (Lipinski definition) is 1. The number of ether oxygens (including phenoxy) is 1. The van der Waals surface area contributed by atoms with Crippen LogP contribution in [0.1, 0.15) is 6.42 Å². The number of carboxylic acids is 1. The van der Waals surface area contributed by atoms with E-state index in [2.05, 4.69) is 4.90 Å². The lowest BCUT2D eigenvalue weighted by molar-refractivity contribution is -0.151. The van der Waals surface area contributed by atoms with Gasteiger partial charge in [0.05, 0.1) is 18.9 Å². The Labute approximate surface area is 153 Å². The van der Waals surface area contributed by atoms with E-state index in [1.165, 1.54) is 0 Å². The van der Waals surface area contributed by atoms with Gasteiger partial charge in [-0.25, -0.2) is 0 Å². The highest BCUT2D eigenvalue weighted by molar-refractivity contribution is 5.87. The Morgan fingerprint density at radius 2 is 1.62 bits per heavy atom. The van der Waals surface area contributed by atoms with Crippen LogP contribution in [0.4, 0.5) is 5.69 Å². The molecule has 0 unspecified atom stereocenters. The molecule has 0 aromatic heterocycles. The molecule has 1 aromatic rings. The molecule has 0 radical (unpaired) electrons. The first-order chi connectivity index (χ1) is 12.6. The quantitative estimate of drug-likeness (QED) is 0.834. The van der Waals surface area contributed by atoms with Gasteiger partial charge in [0.1, 0.15) is 5.75 Å². The molecule has 1 N–H and O–H groups in total. The van der Waals surface area contributed by atoms with Crippen LogP contribution in [0.25, 0.3) is 0 Å². The minimum Gasteiger partial charge on any atom is -0.497 e. The molecule has 3 aliphatic rings. The Morgan fingerprint density at radius 1 is 1.00 bits per heavy atom. The Kier molecular flexibility index (Phi) is 4.34. The number of allylic oxidation sites excluding steroid dienone is 2. The average molecular weight is 356 g/mol. The molecule has 4 atom stereocenters. The molecule has 1 amide bonds. The van der Waals surface area contributed by atoms with Crippen LogP contribution in [0, 0.1) is 23.7 Å². The largest absolute Gasteiger partial charge is 0.497 e. The van der Waals surface area contributed by atoms with Crippen molar-refractivity contribution in [2.24, 2.45) is 23.7 Å². The van der Waals surface area contributed by atoms with Gasteiger partial charge in [0.25, 0.3) is 0 Å². The van der Waals surface area contributed by atoms with Crippen LogP contribution in [0.2, 0.25) is 0 Å². The smallest absolute Gasteiger partial charge is 0.307 e. The van der Waals surface area contributed by atoms with Crippen molar-refractivity contribution in [2.45, 2.75) is 6.42 Å². The van der Waals surface area contributed by atoms with Crippen LogP contribution in [0.15, 0.2) is 36.4 Å². The molecular formula is C20H24N2O4. The number of aliphatic carboxylic acids is 1. The van der Waals surface area contributed by atoms with Gasteiger partial charge in [-0.3, -0.25) is 9.59 Å². The minimum absolute atomic E-state index is 0.0173. The van der Waals surface area contributed by atoms with Crippen molar-refractivity contribution in [2.75, 3.05) is 38.2 Å². The van der Waals surface area contributed by atoms with Crippen molar-refractivity contribution in [3.05, 3.63) is 36.4 Å². The number of piperazine rings is 1. The van der Waals surface area contributed by atoms with Gasteiger partial charge in [0.2, 0.25) is 5.91 Å². The van der Waals surface area contributed by atoms with Gasteiger partial charge in [0, 0.05) is 31.9 Å². The number of benzene rings is 1. The number of rotatable bonds is 4. The third kappa shape index (κ3) is 2.83. The zero-order valence-electron chi connectivity index (χ0n) is 14.9. The molecule has 1 aliphatic heterocycles. The number of amides is 1. The third-order valence-corrected chi connectivity index (χ3v) is 6.06. The molecular weight excluding hydrogens is 332 g/mol. The van der Waals surface area contributed by atoms with E-state index < -0.39 is 17.8 Å². The lowest BCUT2D eigenvalue weighted by Gasteiger charge is -2.38. The van der Waals surface area contributed by atoms with E-state index in [4.69, 9.17) is 4.74 Å². The summed E-state index contributed by atoms with van der Waals surface area (Å²) in [4.78, 5) is 28.8. The predicted octanol–water partition coefficient (Wildman–Crippen LogP) is 1.87.